The normalized spacial score (nSPS) is 26.8. The van der Waals surface area contributed by atoms with E-state index in [4.69, 9.17) is 0 Å². The number of hydrogen-bond acceptors (Lipinski definition) is 3. The molecule has 0 aromatic carbocycles. The minimum absolute atomic E-state index is 0.393. The van der Waals surface area contributed by atoms with Gasteiger partial charge in [-0.15, -0.1) is 11.3 Å². The van der Waals surface area contributed by atoms with E-state index in [1.807, 2.05) is 6.92 Å². The van der Waals surface area contributed by atoms with Crippen molar-refractivity contribution < 1.29 is 0 Å². The molecule has 0 spiro atoms. The summed E-state index contributed by atoms with van der Waals surface area (Å²) in [4.78, 5) is 4.48. The SMILES string of the molecule is Cc1csc(C2NCC2(C)C)n1. The molecule has 1 aromatic heterocycles. The van der Waals surface area contributed by atoms with Gasteiger partial charge in [0.15, 0.2) is 0 Å². The van der Waals surface area contributed by atoms with Crippen LogP contribution in [0.2, 0.25) is 0 Å². The van der Waals surface area contributed by atoms with Gasteiger partial charge in [-0.05, 0) is 12.3 Å². The van der Waals surface area contributed by atoms with Crippen molar-refractivity contribution in [2.24, 2.45) is 5.41 Å². The summed E-state index contributed by atoms with van der Waals surface area (Å²) in [6.45, 7) is 7.72. The van der Waals surface area contributed by atoms with Crippen molar-refractivity contribution in [1.82, 2.24) is 10.3 Å². The van der Waals surface area contributed by atoms with Crippen LogP contribution in [0.1, 0.15) is 30.6 Å². The predicted molar refractivity (Wildman–Crippen MR) is 51.4 cm³/mol. The molecule has 1 N–H and O–H groups in total. The Morgan fingerprint density at radius 3 is 2.75 bits per heavy atom. The van der Waals surface area contributed by atoms with Crippen LogP contribution < -0.4 is 5.32 Å². The molecule has 12 heavy (non-hydrogen) atoms. The lowest BCUT2D eigenvalue weighted by Gasteiger charge is -2.44. The fraction of sp³-hybridized carbons (Fsp3) is 0.667. The summed E-state index contributed by atoms with van der Waals surface area (Å²) in [6, 6.07) is 0.483. The highest BCUT2D eigenvalue weighted by atomic mass is 32.1. The summed E-state index contributed by atoms with van der Waals surface area (Å²) in [5.74, 6) is 0. The molecule has 3 heteroatoms. The maximum Gasteiger partial charge on any atom is 0.110 e. The van der Waals surface area contributed by atoms with Gasteiger partial charge in [-0.25, -0.2) is 4.98 Å². The number of aryl methyl sites for hydroxylation is 1. The molecule has 1 aromatic rings. The van der Waals surface area contributed by atoms with E-state index in [-0.39, 0.29) is 0 Å². The van der Waals surface area contributed by atoms with Crippen molar-refractivity contribution in [1.29, 1.82) is 0 Å². The third-order valence-corrected chi connectivity index (χ3v) is 3.45. The summed E-state index contributed by atoms with van der Waals surface area (Å²) < 4.78 is 0. The fourth-order valence-corrected chi connectivity index (χ4v) is 2.62. The molecular formula is C9H14N2S. The Kier molecular flexibility index (Phi) is 1.73. The Labute approximate surface area is 77.0 Å². The molecule has 2 rings (SSSR count). The van der Waals surface area contributed by atoms with Crippen LogP contribution in [0.25, 0.3) is 0 Å². The first kappa shape index (κ1) is 8.20. The van der Waals surface area contributed by atoms with E-state index in [0.717, 1.165) is 12.2 Å². The van der Waals surface area contributed by atoms with Crippen molar-refractivity contribution in [3.63, 3.8) is 0 Å². The Morgan fingerprint density at radius 2 is 2.42 bits per heavy atom. The highest BCUT2D eigenvalue weighted by Gasteiger charge is 2.40. The number of hydrogen-bond donors (Lipinski definition) is 1. The van der Waals surface area contributed by atoms with Gasteiger partial charge in [-0.3, -0.25) is 0 Å². The quantitative estimate of drug-likeness (QED) is 0.719. The van der Waals surface area contributed by atoms with Crippen molar-refractivity contribution >= 4 is 11.3 Å². The molecule has 66 valence electrons. The van der Waals surface area contributed by atoms with Crippen LogP contribution in [0.3, 0.4) is 0 Å². The molecule has 2 nitrogen and oxygen atoms in total. The highest BCUT2D eigenvalue weighted by molar-refractivity contribution is 7.09. The summed E-state index contributed by atoms with van der Waals surface area (Å²) in [7, 11) is 0. The van der Waals surface area contributed by atoms with Crippen LogP contribution in [0, 0.1) is 12.3 Å². The molecule has 0 amide bonds. The number of aromatic nitrogens is 1. The van der Waals surface area contributed by atoms with E-state index >= 15 is 0 Å². The Balaban J connectivity index is 2.21. The van der Waals surface area contributed by atoms with Crippen LogP contribution in [-0.2, 0) is 0 Å². The van der Waals surface area contributed by atoms with Gasteiger partial charge in [0.05, 0.1) is 6.04 Å². The van der Waals surface area contributed by atoms with E-state index in [1.165, 1.54) is 5.01 Å². The van der Waals surface area contributed by atoms with E-state index in [9.17, 15) is 0 Å². The molecule has 1 fully saturated rings. The zero-order valence-electron chi connectivity index (χ0n) is 7.72. The van der Waals surface area contributed by atoms with Crippen LogP contribution in [0.4, 0.5) is 0 Å². The fourth-order valence-electron chi connectivity index (χ4n) is 1.54. The summed E-state index contributed by atoms with van der Waals surface area (Å²) >= 11 is 1.76. The summed E-state index contributed by atoms with van der Waals surface area (Å²) in [6.07, 6.45) is 0. The average Bonchev–Trinajstić information content (AvgIpc) is 2.34. The smallest absolute Gasteiger partial charge is 0.110 e. The molecule has 2 heterocycles. The van der Waals surface area contributed by atoms with Gasteiger partial charge in [-0.2, -0.15) is 0 Å². The second-order valence-electron chi connectivity index (χ2n) is 4.13. The monoisotopic (exact) mass is 182 g/mol. The lowest BCUT2D eigenvalue weighted by atomic mass is 9.78. The van der Waals surface area contributed by atoms with Crippen molar-refractivity contribution in [2.75, 3.05) is 6.54 Å². The molecule has 0 bridgehead atoms. The van der Waals surface area contributed by atoms with Crippen LogP contribution in [0.5, 0.6) is 0 Å². The van der Waals surface area contributed by atoms with Crippen LogP contribution >= 0.6 is 11.3 Å². The van der Waals surface area contributed by atoms with E-state index in [1.54, 1.807) is 11.3 Å². The van der Waals surface area contributed by atoms with Gasteiger partial charge < -0.3 is 5.32 Å². The maximum absolute atomic E-state index is 4.48. The summed E-state index contributed by atoms with van der Waals surface area (Å²) in [5, 5.41) is 6.77. The van der Waals surface area contributed by atoms with Gasteiger partial charge in [0.1, 0.15) is 5.01 Å². The Hall–Kier alpha value is -0.410. The zero-order chi connectivity index (χ0) is 8.77. The molecule has 0 radical (unpaired) electrons. The van der Waals surface area contributed by atoms with Crippen molar-refractivity contribution in [2.45, 2.75) is 26.8 Å². The number of nitrogens with one attached hydrogen (secondary N) is 1. The molecule has 1 aliphatic heterocycles. The second-order valence-corrected chi connectivity index (χ2v) is 5.02. The first-order chi connectivity index (χ1) is 5.59. The topological polar surface area (TPSA) is 24.9 Å². The second kappa shape index (κ2) is 2.54. The standard InChI is InChI=1S/C9H14N2S/c1-6-4-12-8(11-6)7-9(2,3)5-10-7/h4,7,10H,5H2,1-3H3. The molecular weight excluding hydrogens is 168 g/mol. The highest BCUT2D eigenvalue weighted by Crippen LogP contribution is 2.40. The minimum Gasteiger partial charge on any atom is -0.307 e. The number of nitrogens with zero attached hydrogens (tertiary/aromatic N) is 1. The zero-order valence-corrected chi connectivity index (χ0v) is 8.53. The third-order valence-electron chi connectivity index (χ3n) is 2.43. The molecule has 1 atom stereocenters. The molecule has 1 unspecified atom stereocenters. The predicted octanol–water partition coefficient (Wildman–Crippen LogP) is 2.12. The molecule has 0 saturated carbocycles. The van der Waals surface area contributed by atoms with Gasteiger partial charge >= 0.3 is 0 Å². The Bertz CT molecular complexity index is 290. The van der Waals surface area contributed by atoms with E-state index < -0.39 is 0 Å². The molecule has 1 saturated heterocycles. The average molecular weight is 182 g/mol. The minimum atomic E-state index is 0.393. The maximum atomic E-state index is 4.48. The van der Waals surface area contributed by atoms with Crippen molar-refractivity contribution in [3.8, 4) is 0 Å². The van der Waals surface area contributed by atoms with Crippen molar-refractivity contribution in [3.05, 3.63) is 16.1 Å². The van der Waals surface area contributed by atoms with Gasteiger partial charge in [0.25, 0.3) is 0 Å². The van der Waals surface area contributed by atoms with E-state index in [2.05, 4.69) is 29.5 Å². The van der Waals surface area contributed by atoms with Gasteiger partial charge in [-0.1, -0.05) is 13.8 Å². The van der Waals surface area contributed by atoms with Crippen LogP contribution in [-0.4, -0.2) is 11.5 Å². The van der Waals surface area contributed by atoms with Crippen LogP contribution in [0.15, 0.2) is 5.38 Å². The summed E-state index contributed by atoms with van der Waals surface area (Å²) in [5.41, 5.74) is 1.53. The molecule has 0 aliphatic carbocycles. The lowest BCUT2D eigenvalue weighted by molar-refractivity contribution is 0.128. The first-order valence-corrected chi connectivity index (χ1v) is 5.13. The number of thiazole rings is 1. The number of rotatable bonds is 1. The largest absolute Gasteiger partial charge is 0.307 e. The Morgan fingerprint density at radius 1 is 1.67 bits per heavy atom. The van der Waals surface area contributed by atoms with Gasteiger partial charge in [0, 0.05) is 17.6 Å². The van der Waals surface area contributed by atoms with E-state index in [0.29, 0.717) is 11.5 Å². The molecule has 1 aliphatic rings. The third kappa shape index (κ3) is 1.17. The first-order valence-electron chi connectivity index (χ1n) is 4.25. The lowest BCUT2D eigenvalue weighted by Crippen LogP contribution is -2.52. The van der Waals surface area contributed by atoms with Gasteiger partial charge in [0.2, 0.25) is 0 Å².